The van der Waals surface area contributed by atoms with E-state index in [0.29, 0.717) is 16.5 Å². The van der Waals surface area contributed by atoms with Crippen LogP contribution in [0.1, 0.15) is 10.8 Å². The average molecular weight is 371 g/mol. The van der Waals surface area contributed by atoms with Crippen LogP contribution in [0.2, 0.25) is 0 Å². The molecule has 26 heavy (non-hydrogen) atoms. The lowest BCUT2D eigenvalue weighted by atomic mass is 10.1. The van der Waals surface area contributed by atoms with Gasteiger partial charge in [0, 0.05) is 19.7 Å². The number of likely N-dealkylation sites (N-methyl/N-ethyl adjacent to an activating group) is 1. The van der Waals surface area contributed by atoms with Crippen LogP contribution in [0.25, 0.3) is 11.4 Å². The van der Waals surface area contributed by atoms with Crippen LogP contribution in [-0.4, -0.2) is 39.8 Å². The van der Waals surface area contributed by atoms with E-state index in [1.54, 1.807) is 26.2 Å². The summed E-state index contributed by atoms with van der Waals surface area (Å²) in [7, 11) is 3.40. The molecule has 6 nitrogen and oxygen atoms in total. The molecule has 3 rings (SSSR count). The number of carbonyl (C=O) groups excluding carboxylic acids is 1. The van der Waals surface area contributed by atoms with Gasteiger partial charge in [0.25, 0.3) is 0 Å². The van der Waals surface area contributed by atoms with Gasteiger partial charge in [-0.25, -0.2) is 9.07 Å². The first-order chi connectivity index (χ1) is 12.5. The SMILES string of the molecule is CN(C)C(=O)[C@H](Sc1nnc(-c2cccc(F)c2)n1N)c1ccccc1. The third-order valence-electron chi connectivity index (χ3n) is 3.74. The Bertz CT molecular complexity index is 913. The Labute approximate surface area is 154 Å². The predicted molar refractivity (Wildman–Crippen MR) is 99.3 cm³/mol. The fraction of sp³-hybridized carbons (Fsp3) is 0.167. The van der Waals surface area contributed by atoms with Crippen LogP contribution in [0.3, 0.4) is 0 Å². The lowest BCUT2D eigenvalue weighted by Gasteiger charge is -2.20. The Balaban J connectivity index is 1.94. The molecule has 1 amide bonds. The van der Waals surface area contributed by atoms with E-state index in [1.165, 1.54) is 33.5 Å². The van der Waals surface area contributed by atoms with E-state index in [2.05, 4.69) is 10.2 Å². The van der Waals surface area contributed by atoms with Crippen LogP contribution in [0.15, 0.2) is 59.8 Å². The van der Waals surface area contributed by atoms with Crippen molar-refractivity contribution in [3.63, 3.8) is 0 Å². The Morgan fingerprint density at radius 1 is 1.15 bits per heavy atom. The molecule has 0 aliphatic heterocycles. The summed E-state index contributed by atoms with van der Waals surface area (Å²) in [6.45, 7) is 0. The molecule has 3 aromatic rings. The number of aromatic nitrogens is 3. The summed E-state index contributed by atoms with van der Waals surface area (Å²) in [4.78, 5) is 14.2. The van der Waals surface area contributed by atoms with Crippen molar-refractivity contribution in [2.75, 3.05) is 19.9 Å². The Hall–Kier alpha value is -2.87. The Morgan fingerprint density at radius 2 is 1.88 bits per heavy atom. The summed E-state index contributed by atoms with van der Waals surface area (Å²) >= 11 is 1.20. The van der Waals surface area contributed by atoms with E-state index < -0.39 is 5.25 Å². The maximum atomic E-state index is 13.5. The molecule has 0 bridgehead atoms. The zero-order chi connectivity index (χ0) is 18.7. The van der Waals surface area contributed by atoms with Gasteiger partial charge >= 0.3 is 0 Å². The smallest absolute Gasteiger partial charge is 0.240 e. The molecule has 0 spiro atoms. The first kappa shape index (κ1) is 17.9. The number of amides is 1. The summed E-state index contributed by atoms with van der Waals surface area (Å²) in [6, 6.07) is 15.3. The van der Waals surface area contributed by atoms with Crippen molar-refractivity contribution in [1.82, 2.24) is 19.8 Å². The molecule has 1 aromatic heterocycles. The number of halogens is 1. The van der Waals surface area contributed by atoms with Gasteiger partial charge < -0.3 is 10.7 Å². The minimum atomic E-state index is -0.516. The molecule has 2 aromatic carbocycles. The molecular weight excluding hydrogens is 353 g/mol. The number of hydrogen-bond acceptors (Lipinski definition) is 5. The van der Waals surface area contributed by atoms with Gasteiger partial charge in [-0.15, -0.1) is 10.2 Å². The normalized spacial score (nSPS) is 12.0. The number of nitrogens with two attached hydrogens (primary N) is 1. The maximum Gasteiger partial charge on any atom is 0.240 e. The van der Waals surface area contributed by atoms with Crippen LogP contribution < -0.4 is 5.84 Å². The highest BCUT2D eigenvalue weighted by Crippen LogP contribution is 2.36. The van der Waals surface area contributed by atoms with Crippen molar-refractivity contribution >= 4 is 17.7 Å². The molecule has 0 unspecified atom stereocenters. The highest BCUT2D eigenvalue weighted by Gasteiger charge is 2.26. The molecule has 8 heteroatoms. The van der Waals surface area contributed by atoms with Gasteiger partial charge in [0.15, 0.2) is 5.82 Å². The van der Waals surface area contributed by atoms with E-state index in [-0.39, 0.29) is 11.7 Å². The van der Waals surface area contributed by atoms with Crippen LogP contribution in [0.4, 0.5) is 4.39 Å². The summed E-state index contributed by atoms with van der Waals surface area (Å²) < 4.78 is 14.7. The van der Waals surface area contributed by atoms with E-state index in [4.69, 9.17) is 5.84 Å². The molecule has 1 heterocycles. The zero-order valence-electron chi connectivity index (χ0n) is 14.3. The summed E-state index contributed by atoms with van der Waals surface area (Å²) in [5, 5.41) is 7.99. The highest BCUT2D eigenvalue weighted by atomic mass is 32.2. The topological polar surface area (TPSA) is 77.0 Å². The second kappa shape index (κ2) is 7.57. The van der Waals surface area contributed by atoms with Gasteiger partial charge in [-0.2, -0.15) is 0 Å². The molecule has 1 atom stereocenters. The second-order valence-electron chi connectivity index (χ2n) is 5.83. The fourth-order valence-corrected chi connectivity index (χ4v) is 3.51. The zero-order valence-corrected chi connectivity index (χ0v) is 15.2. The van der Waals surface area contributed by atoms with Crippen molar-refractivity contribution in [1.29, 1.82) is 0 Å². The predicted octanol–water partition coefficient (Wildman–Crippen LogP) is 2.72. The van der Waals surface area contributed by atoms with Gasteiger partial charge in [0.05, 0.1) is 0 Å². The molecule has 134 valence electrons. The van der Waals surface area contributed by atoms with Crippen molar-refractivity contribution in [3.05, 3.63) is 66.0 Å². The molecule has 2 N–H and O–H groups in total. The molecule has 0 saturated carbocycles. The van der Waals surface area contributed by atoms with Gasteiger partial charge in [-0.05, 0) is 17.7 Å². The van der Waals surface area contributed by atoms with Crippen molar-refractivity contribution in [2.24, 2.45) is 0 Å². The summed E-state index contributed by atoms with van der Waals surface area (Å²) in [5.41, 5.74) is 1.36. The van der Waals surface area contributed by atoms with E-state index in [1.807, 2.05) is 30.3 Å². The summed E-state index contributed by atoms with van der Waals surface area (Å²) in [6.07, 6.45) is 0. The lowest BCUT2D eigenvalue weighted by Crippen LogP contribution is -2.27. The van der Waals surface area contributed by atoms with Crippen LogP contribution in [0.5, 0.6) is 0 Å². The molecule has 0 aliphatic carbocycles. The maximum absolute atomic E-state index is 13.5. The van der Waals surface area contributed by atoms with Crippen LogP contribution >= 0.6 is 11.8 Å². The Kier molecular flexibility index (Phi) is 5.22. The van der Waals surface area contributed by atoms with Gasteiger partial charge in [-0.3, -0.25) is 4.79 Å². The first-order valence-corrected chi connectivity index (χ1v) is 8.74. The van der Waals surface area contributed by atoms with E-state index in [0.717, 1.165) is 5.56 Å². The molecule has 0 aliphatic rings. The number of hydrogen-bond donors (Lipinski definition) is 1. The number of nitrogens with zero attached hydrogens (tertiary/aromatic N) is 4. The number of benzene rings is 2. The quantitative estimate of drug-likeness (QED) is 0.551. The van der Waals surface area contributed by atoms with E-state index >= 15 is 0 Å². The van der Waals surface area contributed by atoms with Crippen LogP contribution in [0, 0.1) is 5.82 Å². The molecule has 0 fully saturated rings. The third kappa shape index (κ3) is 3.70. The molecular formula is C18H18FN5OS. The number of nitrogen functional groups attached to an aromatic ring is 1. The average Bonchev–Trinajstić information content (AvgIpc) is 3.00. The molecule has 0 saturated heterocycles. The van der Waals surface area contributed by atoms with Crippen molar-refractivity contribution < 1.29 is 9.18 Å². The monoisotopic (exact) mass is 371 g/mol. The standard InChI is InChI=1S/C18H18FN5OS/c1-23(2)17(25)15(12-7-4-3-5-8-12)26-18-22-21-16(24(18)20)13-9-6-10-14(19)11-13/h3-11,15H,20H2,1-2H3/t15-/m1/s1. The van der Waals surface area contributed by atoms with Crippen LogP contribution in [-0.2, 0) is 4.79 Å². The lowest BCUT2D eigenvalue weighted by molar-refractivity contribution is -0.128. The Morgan fingerprint density at radius 3 is 2.54 bits per heavy atom. The van der Waals surface area contributed by atoms with Gasteiger partial charge in [0.1, 0.15) is 11.1 Å². The number of thioether (sulfide) groups is 1. The first-order valence-electron chi connectivity index (χ1n) is 7.86. The minimum Gasteiger partial charge on any atom is -0.348 e. The largest absolute Gasteiger partial charge is 0.348 e. The number of carbonyl (C=O) groups is 1. The van der Waals surface area contributed by atoms with Gasteiger partial charge in [0.2, 0.25) is 11.1 Å². The molecule has 0 radical (unpaired) electrons. The number of rotatable bonds is 5. The fourth-order valence-electron chi connectivity index (χ4n) is 2.41. The van der Waals surface area contributed by atoms with Crippen molar-refractivity contribution in [2.45, 2.75) is 10.4 Å². The van der Waals surface area contributed by atoms with E-state index in [9.17, 15) is 9.18 Å². The minimum absolute atomic E-state index is 0.0866. The van der Waals surface area contributed by atoms with Gasteiger partial charge in [-0.1, -0.05) is 54.2 Å². The third-order valence-corrected chi connectivity index (χ3v) is 4.94. The second-order valence-corrected chi connectivity index (χ2v) is 6.90. The summed E-state index contributed by atoms with van der Waals surface area (Å²) in [5.74, 6) is 5.97. The van der Waals surface area contributed by atoms with Crippen molar-refractivity contribution in [3.8, 4) is 11.4 Å². The highest BCUT2D eigenvalue weighted by molar-refractivity contribution is 8.00.